The van der Waals surface area contributed by atoms with Crippen LogP contribution < -0.4 is 0 Å². The zero-order chi connectivity index (χ0) is 14.9. The topological polar surface area (TPSA) is 38.0 Å². The molecule has 1 atom stereocenters. The summed E-state index contributed by atoms with van der Waals surface area (Å²) in [6.07, 6.45) is -0.0958. The molecular formula is C14H15BrClFN2O. The van der Waals surface area contributed by atoms with Crippen LogP contribution >= 0.6 is 27.5 Å². The predicted octanol–water partition coefficient (Wildman–Crippen LogP) is 3.43. The number of hydrogen-bond acceptors (Lipinski definition) is 2. The molecule has 108 valence electrons. The van der Waals surface area contributed by atoms with Gasteiger partial charge in [-0.25, -0.2) is 4.39 Å². The lowest BCUT2D eigenvalue weighted by Crippen LogP contribution is -2.17. The first kappa shape index (κ1) is 15.5. The normalized spacial score (nSPS) is 12.7. The Morgan fingerprint density at radius 2 is 2.15 bits per heavy atom. The lowest BCUT2D eigenvalue weighted by Gasteiger charge is -2.12. The van der Waals surface area contributed by atoms with Gasteiger partial charge in [0.1, 0.15) is 5.82 Å². The molecule has 1 unspecified atom stereocenters. The molecule has 0 spiro atoms. The smallest absolute Gasteiger partial charge is 0.145 e. The van der Waals surface area contributed by atoms with Crippen molar-refractivity contribution in [1.29, 1.82) is 0 Å². The van der Waals surface area contributed by atoms with E-state index >= 15 is 0 Å². The average Bonchev–Trinajstić information content (AvgIpc) is 2.62. The van der Waals surface area contributed by atoms with Crippen molar-refractivity contribution in [2.45, 2.75) is 25.9 Å². The van der Waals surface area contributed by atoms with E-state index in [-0.39, 0.29) is 11.4 Å². The Balaban J connectivity index is 2.13. The summed E-state index contributed by atoms with van der Waals surface area (Å²) < 4.78 is 16.4. The summed E-state index contributed by atoms with van der Waals surface area (Å²) in [5.74, 6) is -0.464. The molecule has 1 aromatic carbocycles. The average molecular weight is 362 g/mol. The maximum absolute atomic E-state index is 13.8. The molecule has 20 heavy (non-hydrogen) atoms. The van der Waals surface area contributed by atoms with Gasteiger partial charge in [0.05, 0.1) is 27.0 Å². The predicted molar refractivity (Wildman–Crippen MR) is 80.5 cm³/mol. The molecule has 0 radical (unpaired) electrons. The number of halogens is 3. The van der Waals surface area contributed by atoms with Crippen LogP contribution in [0.4, 0.5) is 4.39 Å². The van der Waals surface area contributed by atoms with Gasteiger partial charge < -0.3 is 5.11 Å². The van der Waals surface area contributed by atoms with Gasteiger partial charge in [-0.2, -0.15) is 5.10 Å². The molecule has 0 amide bonds. The molecule has 1 heterocycles. The maximum atomic E-state index is 13.8. The molecule has 0 saturated heterocycles. The van der Waals surface area contributed by atoms with Gasteiger partial charge in [-0.05, 0) is 34.5 Å². The third-order valence-electron chi connectivity index (χ3n) is 3.18. The maximum Gasteiger partial charge on any atom is 0.145 e. The number of rotatable bonds is 4. The van der Waals surface area contributed by atoms with Crippen molar-refractivity contribution >= 4 is 27.5 Å². The van der Waals surface area contributed by atoms with E-state index in [1.807, 2.05) is 14.0 Å². The van der Waals surface area contributed by atoms with E-state index in [0.29, 0.717) is 12.0 Å². The molecule has 1 aromatic heterocycles. The van der Waals surface area contributed by atoms with Gasteiger partial charge in [0.25, 0.3) is 0 Å². The zero-order valence-electron chi connectivity index (χ0n) is 11.2. The molecule has 0 fully saturated rings. The number of aliphatic hydroxyl groups excluding tert-OH is 1. The lowest BCUT2D eigenvalue weighted by molar-refractivity contribution is 0.171. The number of aliphatic hydroxyl groups is 1. The molecule has 1 N–H and O–H groups in total. The molecular weight excluding hydrogens is 347 g/mol. The molecule has 0 aliphatic carbocycles. The Bertz CT molecular complexity index is 630. The van der Waals surface area contributed by atoms with Crippen molar-refractivity contribution in [3.05, 3.63) is 50.5 Å². The van der Waals surface area contributed by atoms with Crippen LogP contribution in [0.3, 0.4) is 0 Å². The second-order valence-corrected chi connectivity index (χ2v) is 5.94. The molecule has 0 aliphatic heterocycles. The van der Waals surface area contributed by atoms with E-state index in [2.05, 4.69) is 21.0 Å². The summed E-state index contributed by atoms with van der Waals surface area (Å²) >= 11 is 9.18. The van der Waals surface area contributed by atoms with Crippen LogP contribution in [-0.4, -0.2) is 21.0 Å². The van der Waals surface area contributed by atoms with Gasteiger partial charge in [-0.3, -0.25) is 4.68 Å². The summed E-state index contributed by atoms with van der Waals surface area (Å²) in [7, 11) is 1.82. The Morgan fingerprint density at radius 1 is 1.45 bits per heavy atom. The Morgan fingerprint density at radius 3 is 2.75 bits per heavy atom. The first-order chi connectivity index (χ1) is 9.40. The lowest BCUT2D eigenvalue weighted by atomic mass is 10.0. The van der Waals surface area contributed by atoms with Crippen LogP contribution in [0.1, 0.15) is 17.0 Å². The minimum absolute atomic E-state index is 0.0762. The van der Waals surface area contributed by atoms with Gasteiger partial charge in [-0.15, -0.1) is 0 Å². The van der Waals surface area contributed by atoms with Crippen molar-refractivity contribution in [1.82, 2.24) is 9.78 Å². The fourth-order valence-electron chi connectivity index (χ4n) is 2.16. The summed E-state index contributed by atoms with van der Waals surface area (Å²) in [6, 6.07) is 4.80. The second kappa shape index (κ2) is 6.24. The van der Waals surface area contributed by atoms with Crippen LogP contribution in [0.2, 0.25) is 5.02 Å². The standard InChI is InChI=1S/C14H15BrClFN2O/c1-8-13(15)12(19(2)18-8)7-10(20)6-9-4-3-5-11(16)14(9)17/h3-5,10,20H,6-7H2,1-2H3. The van der Waals surface area contributed by atoms with Crippen LogP contribution in [0.15, 0.2) is 22.7 Å². The van der Waals surface area contributed by atoms with Crippen LogP contribution in [0.5, 0.6) is 0 Å². The highest BCUT2D eigenvalue weighted by molar-refractivity contribution is 9.10. The van der Waals surface area contributed by atoms with Crippen molar-refractivity contribution < 1.29 is 9.50 Å². The van der Waals surface area contributed by atoms with Gasteiger partial charge >= 0.3 is 0 Å². The highest BCUT2D eigenvalue weighted by Crippen LogP contribution is 2.24. The number of benzene rings is 1. The minimum atomic E-state index is -0.700. The second-order valence-electron chi connectivity index (χ2n) is 4.74. The number of nitrogens with zero attached hydrogens (tertiary/aromatic N) is 2. The summed E-state index contributed by atoms with van der Waals surface area (Å²) in [5, 5.41) is 14.5. The van der Waals surface area contributed by atoms with Crippen LogP contribution in [0, 0.1) is 12.7 Å². The Kier molecular flexibility index (Phi) is 4.83. The Hall–Kier alpha value is -0.910. The van der Waals surface area contributed by atoms with E-state index < -0.39 is 11.9 Å². The van der Waals surface area contributed by atoms with Crippen molar-refractivity contribution in [3.63, 3.8) is 0 Å². The van der Waals surface area contributed by atoms with Crippen LogP contribution in [0.25, 0.3) is 0 Å². The largest absolute Gasteiger partial charge is 0.392 e. The molecule has 3 nitrogen and oxygen atoms in total. The van der Waals surface area contributed by atoms with Gasteiger partial charge in [-0.1, -0.05) is 23.7 Å². The van der Waals surface area contributed by atoms with Crippen molar-refractivity contribution in [3.8, 4) is 0 Å². The number of hydrogen-bond donors (Lipinski definition) is 1. The fraction of sp³-hybridized carbons (Fsp3) is 0.357. The highest BCUT2D eigenvalue weighted by atomic mass is 79.9. The summed E-state index contributed by atoms with van der Waals surface area (Å²) in [6.45, 7) is 1.89. The minimum Gasteiger partial charge on any atom is -0.392 e. The molecule has 2 rings (SSSR count). The monoisotopic (exact) mass is 360 g/mol. The molecule has 0 bridgehead atoms. The van der Waals surface area contributed by atoms with Gasteiger partial charge in [0.2, 0.25) is 0 Å². The first-order valence-corrected chi connectivity index (χ1v) is 7.36. The fourth-order valence-corrected chi connectivity index (χ4v) is 2.85. The van der Waals surface area contributed by atoms with Crippen molar-refractivity contribution in [2.75, 3.05) is 0 Å². The summed E-state index contributed by atoms with van der Waals surface area (Å²) in [4.78, 5) is 0. The zero-order valence-corrected chi connectivity index (χ0v) is 13.5. The van der Waals surface area contributed by atoms with E-state index in [0.717, 1.165) is 15.9 Å². The Labute approximate surface area is 130 Å². The van der Waals surface area contributed by atoms with Gasteiger partial charge in [0, 0.05) is 19.9 Å². The number of aromatic nitrogens is 2. The van der Waals surface area contributed by atoms with E-state index in [1.54, 1.807) is 16.8 Å². The molecule has 0 aliphatic rings. The van der Waals surface area contributed by atoms with Crippen LogP contribution in [-0.2, 0) is 19.9 Å². The quantitative estimate of drug-likeness (QED) is 0.906. The first-order valence-electron chi connectivity index (χ1n) is 6.19. The third-order valence-corrected chi connectivity index (χ3v) is 4.50. The molecule has 6 heteroatoms. The molecule has 2 aromatic rings. The van der Waals surface area contributed by atoms with E-state index in [4.69, 9.17) is 11.6 Å². The third kappa shape index (κ3) is 3.22. The van der Waals surface area contributed by atoms with Gasteiger partial charge in [0.15, 0.2) is 0 Å². The SMILES string of the molecule is Cc1nn(C)c(CC(O)Cc2cccc(Cl)c2F)c1Br. The van der Waals surface area contributed by atoms with E-state index in [1.165, 1.54) is 6.07 Å². The van der Waals surface area contributed by atoms with Crippen molar-refractivity contribution in [2.24, 2.45) is 7.05 Å². The van der Waals surface area contributed by atoms with E-state index in [9.17, 15) is 9.50 Å². The summed E-state index contributed by atoms with van der Waals surface area (Å²) in [5.41, 5.74) is 2.17. The number of aryl methyl sites for hydroxylation is 2. The highest BCUT2D eigenvalue weighted by Gasteiger charge is 2.17. The molecule has 0 saturated carbocycles.